The number of carbonyl (C=O) groups is 2. The van der Waals surface area contributed by atoms with Crippen LogP contribution >= 0.6 is 0 Å². The number of carbonyl (C=O) groups excluding carboxylic acids is 2. The monoisotopic (exact) mass is 689 g/mol. The Morgan fingerprint density at radius 2 is 1.74 bits per heavy atom. The minimum atomic E-state index is -4.56. The van der Waals surface area contributed by atoms with Crippen molar-refractivity contribution in [2.75, 3.05) is 17.2 Å². The van der Waals surface area contributed by atoms with Crippen LogP contribution < -0.4 is 36.4 Å². The number of aliphatic hydroxyl groups is 1. The van der Waals surface area contributed by atoms with Crippen molar-refractivity contribution in [1.82, 2.24) is 14.9 Å². The molecule has 0 bridgehead atoms. The quantitative estimate of drug-likeness (QED) is 0.171. The number of fused-ring (bicyclic) bond motifs is 2. The van der Waals surface area contributed by atoms with Crippen LogP contribution in [0.3, 0.4) is 0 Å². The molecule has 0 aliphatic carbocycles. The minimum Gasteiger partial charge on any atom is -0.518 e. The van der Waals surface area contributed by atoms with Crippen LogP contribution in [0.2, 0.25) is 0 Å². The molecule has 0 saturated carbocycles. The maximum atomic E-state index is 14.5. The molecule has 11 nitrogen and oxygen atoms in total. The van der Waals surface area contributed by atoms with Gasteiger partial charge in [-0.25, -0.2) is 4.98 Å². The normalized spacial score (nSPS) is 17.7. The zero-order chi connectivity index (χ0) is 35.6. The molecule has 3 heterocycles. The Bertz CT molecular complexity index is 1950. The van der Waals surface area contributed by atoms with Gasteiger partial charge < -0.3 is 30.4 Å². The smallest absolute Gasteiger partial charge is 0.518 e. The van der Waals surface area contributed by atoms with Crippen LogP contribution in [-0.4, -0.2) is 40.1 Å². The van der Waals surface area contributed by atoms with E-state index in [1.807, 2.05) is 6.92 Å². The highest BCUT2D eigenvalue weighted by atomic mass is 19.4. The van der Waals surface area contributed by atoms with E-state index >= 15 is 0 Å². The summed E-state index contributed by atoms with van der Waals surface area (Å²) in [6.07, 6.45) is -4.01. The summed E-state index contributed by atoms with van der Waals surface area (Å²) in [6, 6.07) is 17.2. The Hall–Kier alpha value is -5.31. The summed E-state index contributed by atoms with van der Waals surface area (Å²) in [7, 11) is -1.22. The fourth-order valence-corrected chi connectivity index (χ4v) is 6.25. The number of halogens is 3. The first-order chi connectivity index (χ1) is 23.9. The zero-order valence-electron chi connectivity index (χ0n) is 27.3. The number of benzene rings is 3. The SMILES string of the molecule is CCCNC(=O)C1CC(C)(CC(=O)Nc2ccc(CO)cc2)c2nc(B3Oc4ccccc4O3)c(NCc3cccc(C(F)(F)F)c3)c(=O)n21. The van der Waals surface area contributed by atoms with Crippen LogP contribution in [0.5, 0.6) is 11.5 Å². The number of nitrogens with one attached hydrogen (secondary N) is 3. The number of aliphatic hydroxyl groups excluding tert-OH is 1. The fraction of sp³-hybridized carbons (Fsp3) is 0.314. The van der Waals surface area contributed by atoms with E-state index in [2.05, 4.69) is 16.0 Å². The van der Waals surface area contributed by atoms with Crippen molar-refractivity contribution in [2.45, 2.75) is 63.9 Å². The molecular formula is C35H35BF3N5O6. The Labute approximate surface area is 286 Å². The summed E-state index contributed by atoms with van der Waals surface area (Å²) >= 11 is 0. The van der Waals surface area contributed by atoms with Gasteiger partial charge in [-0.05, 0) is 60.4 Å². The summed E-state index contributed by atoms with van der Waals surface area (Å²) in [5.41, 5.74) is -1.31. The Kier molecular flexibility index (Phi) is 9.61. The first-order valence-corrected chi connectivity index (χ1v) is 16.2. The molecule has 0 fully saturated rings. The molecule has 50 heavy (non-hydrogen) atoms. The maximum absolute atomic E-state index is 14.5. The summed E-state index contributed by atoms with van der Waals surface area (Å²) in [6.45, 7) is 3.66. The van der Waals surface area contributed by atoms with E-state index in [1.165, 1.54) is 16.7 Å². The predicted molar refractivity (Wildman–Crippen MR) is 180 cm³/mol. The van der Waals surface area contributed by atoms with E-state index in [9.17, 15) is 32.7 Å². The van der Waals surface area contributed by atoms with Gasteiger partial charge in [-0.2, -0.15) is 13.2 Å². The van der Waals surface area contributed by atoms with Crippen LogP contribution in [0.4, 0.5) is 24.5 Å². The van der Waals surface area contributed by atoms with Gasteiger partial charge in [-0.3, -0.25) is 19.0 Å². The summed E-state index contributed by atoms with van der Waals surface area (Å²) in [4.78, 5) is 46.4. The van der Waals surface area contributed by atoms with Gasteiger partial charge in [0.25, 0.3) is 5.56 Å². The maximum Gasteiger partial charge on any atom is 0.655 e. The van der Waals surface area contributed by atoms with Gasteiger partial charge in [-0.15, -0.1) is 0 Å². The topological polar surface area (TPSA) is 144 Å². The second kappa shape index (κ2) is 13.9. The molecule has 260 valence electrons. The number of aromatic nitrogens is 2. The van der Waals surface area contributed by atoms with Crippen molar-refractivity contribution < 1.29 is 37.2 Å². The van der Waals surface area contributed by atoms with E-state index in [1.54, 1.807) is 55.5 Å². The summed E-state index contributed by atoms with van der Waals surface area (Å²) in [5.74, 6) is 0.129. The number of hydrogen-bond donors (Lipinski definition) is 4. The molecule has 4 aromatic rings. The summed E-state index contributed by atoms with van der Waals surface area (Å²) in [5, 5.41) is 18.0. The van der Waals surface area contributed by atoms with Crippen LogP contribution in [0.25, 0.3) is 0 Å². The van der Waals surface area contributed by atoms with Gasteiger partial charge >= 0.3 is 13.3 Å². The lowest BCUT2D eigenvalue weighted by atomic mass is 9.80. The highest BCUT2D eigenvalue weighted by Crippen LogP contribution is 2.42. The number of hydrogen-bond acceptors (Lipinski definition) is 8. The van der Waals surface area contributed by atoms with E-state index in [0.29, 0.717) is 35.7 Å². The second-order valence-corrected chi connectivity index (χ2v) is 12.6. The molecule has 2 unspecified atom stereocenters. The van der Waals surface area contributed by atoms with Crippen LogP contribution in [0.1, 0.15) is 61.7 Å². The highest BCUT2D eigenvalue weighted by Gasteiger charge is 2.50. The number of alkyl halides is 3. The molecule has 2 aliphatic rings. The van der Waals surface area contributed by atoms with Gasteiger partial charge in [0.1, 0.15) is 34.6 Å². The molecular weight excluding hydrogens is 654 g/mol. The van der Waals surface area contributed by atoms with Gasteiger partial charge in [0, 0.05) is 30.6 Å². The number of amides is 2. The highest BCUT2D eigenvalue weighted by molar-refractivity contribution is 6.64. The van der Waals surface area contributed by atoms with E-state index in [-0.39, 0.29) is 48.7 Å². The Morgan fingerprint density at radius 3 is 2.38 bits per heavy atom. The molecule has 0 radical (unpaired) electrons. The van der Waals surface area contributed by atoms with Gasteiger partial charge in [-0.1, -0.05) is 50.2 Å². The third kappa shape index (κ3) is 7.04. The Balaban J connectivity index is 1.41. The first-order valence-electron chi connectivity index (χ1n) is 16.2. The standard InChI is InChI=1S/C35H35BF3N5O6/c1-3-15-40-31(47)25-17-34(2,18-28(46)42-24-13-11-21(20-45)12-14-24)33-43-30(36-49-26-9-4-5-10-27(26)50-36)29(32(48)44(25)33)41-19-22-7-6-8-23(16-22)35(37,38)39/h4-14,16,25,41,45H,3,15,17-20H2,1-2H3,(H,40,47)(H,42,46). The predicted octanol–water partition coefficient (Wildman–Crippen LogP) is 4.29. The first kappa shape index (κ1) is 34.6. The lowest BCUT2D eigenvalue weighted by Crippen LogP contribution is -2.49. The number of rotatable bonds is 11. The zero-order valence-corrected chi connectivity index (χ0v) is 27.3. The van der Waals surface area contributed by atoms with E-state index < -0.39 is 47.7 Å². The van der Waals surface area contributed by atoms with Crippen molar-refractivity contribution in [3.8, 4) is 11.5 Å². The molecule has 4 N–H and O–H groups in total. The number of nitrogens with zero attached hydrogens (tertiary/aromatic N) is 2. The summed E-state index contributed by atoms with van der Waals surface area (Å²) < 4.78 is 53.8. The molecule has 3 aromatic carbocycles. The van der Waals surface area contributed by atoms with Crippen LogP contribution in [-0.2, 0) is 34.3 Å². The largest absolute Gasteiger partial charge is 0.655 e. The van der Waals surface area contributed by atoms with Crippen molar-refractivity contribution in [1.29, 1.82) is 0 Å². The molecule has 6 rings (SSSR count). The molecule has 1 aromatic heterocycles. The molecule has 0 spiro atoms. The molecule has 2 amide bonds. The average Bonchev–Trinajstić information content (AvgIpc) is 3.65. The number of para-hydroxylation sites is 2. The van der Waals surface area contributed by atoms with E-state index in [4.69, 9.17) is 14.3 Å². The van der Waals surface area contributed by atoms with Crippen LogP contribution in [0, 0.1) is 0 Å². The van der Waals surface area contributed by atoms with Crippen LogP contribution in [0.15, 0.2) is 77.6 Å². The third-order valence-corrected chi connectivity index (χ3v) is 8.73. The minimum absolute atomic E-state index is 0.0188. The van der Waals surface area contributed by atoms with Crippen molar-refractivity contribution in [3.63, 3.8) is 0 Å². The van der Waals surface area contributed by atoms with Gasteiger partial charge in [0.15, 0.2) is 0 Å². The second-order valence-electron chi connectivity index (χ2n) is 12.6. The molecule has 2 atom stereocenters. The number of anilines is 2. The molecule has 15 heteroatoms. The van der Waals surface area contributed by atoms with Gasteiger partial charge in [0.05, 0.1) is 12.2 Å². The van der Waals surface area contributed by atoms with Crippen molar-refractivity contribution in [3.05, 3.63) is 106 Å². The third-order valence-electron chi connectivity index (χ3n) is 8.73. The lowest BCUT2D eigenvalue weighted by molar-refractivity contribution is -0.137. The Morgan fingerprint density at radius 1 is 1.04 bits per heavy atom. The molecule has 0 saturated heterocycles. The lowest BCUT2D eigenvalue weighted by Gasteiger charge is -2.24. The molecule has 2 aliphatic heterocycles. The van der Waals surface area contributed by atoms with Crippen molar-refractivity contribution >= 4 is 35.9 Å². The average molecular weight is 690 g/mol. The van der Waals surface area contributed by atoms with Gasteiger partial charge in [0.2, 0.25) is 11.8 Å². The fourth-order valence-electron chi connectivity index (χ4n) is 6.25. The van der Waals surface area contributed by atoms with E-state index in [0.717, 1.165) is 12.1 Å². The van der Waals surface area contributed by atoms with Crippen molar-refractivity contribution in [2.24, 2.45) is 0 Å².